The first-order valence-electron chi connectivity index (χ1n) is 8.59. The maximum absolute atomic E-state index is 14.3. The minimum atomic E-state index is -1.58. The van der Waals surface area contributed by atoms with Gasteiger partial charge in [-0.3, -0.25) is 4.79 Å². The van der Waals surface area contributed by atoms with E-state index in [9.17, 15) is 18.0 Å². The van der Waals surface area contributed by atoms with Crippen molar-refractivity contribution in [2.75, 3.05) is 0 Å². The molecule has 24 heavy (non-hydrogen) atoms. The maximum Gasteiger partial charge on any atom is 0.315 e. The standard InChI is InChI=1S/C18H24F3NO2/c1-2-3-4-11-7-15(20)17(16(21)8-11)18(23)24-13-6-5-12(10-22)14(19)9-13/h2,11-17H,1,3-9H2. The number of alkyl halides is 3. The summed E-state index contributed by atoms with van der Waals surface area (Å²) >= 11 is 0. The number of ether oxygens (including phenoxy) is 1. The Kier molecular flexibility index (Phi) is 6.70. The Morgan fingerprint density at radius 3 is 2.38 bits per heavy atom. The fraction of sp³-hybridized carbons (Fsp3) is 0.778. The van der Waals surface area contributed by atoms with E-state index in [0.717, 1.165) is 0 Å². The van der Waals surface area contributed by atoms with Gasteiger partial charge in [0.2, 0.25) is 0 Å². The first-order valence-corrected chi connectivity index (χ1v) is 8.59. The number of hydrogen-bond donors (Lipinski definition) is 0. The van der Waals surface area contributed by atoms with Crippen LogP contribution in [0.5, 0.6) is 0 Å². The molecule has 0 bridgehead atoms. The van der Waals surface area contributed by atoms with Crippen molar-refractivity contribution in [1.82, 2.24) is 0 Å². The van der Waals surface area contributed by atoms with E-state index in [0.29, 0.717) is 25.7 Å². The van der Waals surface area contributed by atoms with Crippen LogP contribution in [0.15, 0.2) is 12.7 Å². The second-order valence-corrected chi connectivity index (χ2v) is 6.88. The van der Waals surface area contributed by atoms with Gasteiger partial charge in [0.15, 0.2) is 0 Å². The van der Waals surface area contributed by atoms with Crippen LogP contribution in [0.4, 0.5) is 13.2 Å². The van der Waals surface area contributed by atoms with E-state index in [1.165, 1.54) is 0 Å². The van der Waals surface area contributed by atoms with Crippen molar-refractivity contribution < 1.29 is 22.7 Å². The van der Waals surface area contributed by atoms with Gasteiger partial charge in [0.1, 0.15) is 30.5 Å². The van der Waals surface area contributed by atoms with Crippen LogP contribution in [0.1, 0.15) is 44.9 Å². The first kappa shape index (κ1) is 18.8. The van der Waals surface area contributed by atoms with Crippen LogP contribution in [0.25, 0.3) is 0 Å². The smallest absolute Gasteiger partial charge is 0.315 e. The average Bonchev–Trinajstić information content (AvgIpc) is 2.52. The molecule has 2 fully saturated rings. The molecule has 0 amide bonds. The number of rotatable bonds is 5. The third-order valence-corrected chi connectivity index (χ3v) is 5.12. The van der Waals surface area contributed by atoms with Gasteiger partial charge in [-0.05, 0) is 44.4 Å². The van der Waals surface area contributed by atoms with Crippen molar-refractivity contribution in [3.63, 3.8) is 0 Å². The molecule has 2 aliphatic rings. The molecule has 134 valence electrons. The fourth-order valence-electron chi connectivity index (χ4n) is 3.71. The molecule has 0 spiro atoms. The molecule has 0 saturated heterocycles. The molecule has 2 aliphatic carbocycles. The number of hydrogen-bond acceptors (Lipinski definition) is 3. The van der Waals surface area contributed by atoms with E-state index in [4.69, 9.17) is 10.00 Å². The molecule has 0 aromatic rings. The second kappa shape index (κ2) is 8.55. The lowest BCUT2D eigenvalue weighted by atomic mass is 9.77. The number of allylic oxidation sites excluding steroid dienone is 1. The Labute approximate surface area is 140 Å². The molecule has 0 heterocycles. The first-order chi connectivity index (χ1) is 11.5. The molecule has 0 aromatic carbocycles. The van der Waals surface area contributed by atoms with Gasteiger partial charge in [-0.25, -0.2) is 13.2 Å². The maximum atomic E-state index is 14.3. The van der Waals surface area contributed by atoms with Gasteiger partial charge in [0.25, 0.3) is 0 Å². The average molecular weight is 343 g/mol. The monoisotopic (exact) mass is 343 g/mol. The summed E-state index contributed by atoms with van der Waals surface area (Å²) in [4.78, 5) is 12.2. The molecule has 0 aromatic heterocycles. The van der Waals surface area contributed by atoms with Gasteiger partial charge in [-0.15, -0.1) is 6.58 Å². The number of nitrogens with zero attached hydrogens (tertiary/aromatic N) is 1. The van der Waals surface area contributed by atoms with Gasteiger partial charge >= 0.3 is 5.97 Å². The zero-order valence-electron chi connectivity index (χ0n) is 13.7. The van der Waals surface area contributed by atoms with E-state index in [1.54, 1.807) is 6.08 Å². The SMILES string of the molecule is C=CCCC1CC(F)C(C(=O)OC2CCC(C#N)C(F)C2)C(F)C1. The molecule has 0 N–H and O–H groups in total. The highest BCUT2D eigenvalue weighted by molar-refractivity contribution is 5.74. The molecular formula is C18H24F3NO2. The molecule has 0 aliphatic heterocycles. The van der Waals surface area contributed by atoms with E-state index in [1.807, 2.05) is 6.07 Å². The highest BCUT2D eigenvalue weighted by Crippen LogP contribution is 2.37. The van der Waals surface area contributed by atoms with Gasteiger partial charge < -0.3 is 4.74 Å². The molecule has 0 radical (unpaired) electrons. The normalized spacial score (nSPS) is 39.7. The molecule has 3 nitrogen and oxygen atoms in total. The lowest BCUT2D eigenvalue weighted by Gasteiger charge is -2.35. The van der Waals surface area contributed by atoms with Crippen molar-refractivity contribution in [1.29, 1.82) is 5.26 Å². The highest BCUT2D eigenvalue weighted by Gasteiger charge is 2.45. The van der Waals surface area contributed by atoms with Crippen LogP contribution < -0.4 is 0 Å². The summed E-state index contributed by atoms with van der Waals surface area (Å²) in [6, 6.07) is 1.88. The van der Waals surface area contributed by atoms with Crippen LogP contribution in [0.2, 0.25) is 0 Å². The van der Waals surface area contributed by atoms with E-state index in [2.05, 4.69) is 6.58 Å². The van der Waals surface area contributed by atoms with Crippen LogP contribution in [0.3, 0.4) is 0 Å². The summed E-state index contributed by atoms with van der Waals surface area (Å²) in [7, 11) is 0. The van der Waals surface area contributed by atoms with Gasteiger partial charge in [-0.2, -0.15) is 5.26 Å². The van der Waals surface area contributed by atoms with E-state index < -0.39 is 42.4 Å². The summed E-state index contributed by atoms with van der Waals surface area (Å²) in [6.07, 6.45) is -1.30. The van der Waals surface area contributed by atoms with Gasteiger partial charge in [0, 0.05) is 6.42 Å². The van der Waals surface area contributed by atoms with Crippen molar-refractivity contribution >= 4 is 5.97 Å². The minimum absolute atomic E-state index is 0.0768. The van der Waals surface area contributed by atoms with Crippen molar-refractivity contribution in [3.05, 3.63) is 12.7 Å². The summed E-state index contributed by atoms with van der Waals surface area (Å²) in [5.74, 6) is -3.12. The van der Waals surface area contributed by atoms with Crippen molar-refractivity contribution in [3.8, 4) is 6.07 Å². The Balaban J connectivity index is 1.88. The van der Waals surface area contributed by atoms with Crippen molar-refractivity contribution in [2.24, 2.45) is 17.8 Å². The topological polar surface area (TPSA) is 50.1 Å². The van der Waals surface area contributed by atoms with E-state index in [-0.39, 0.29) is 25.2 Å². The largest absolute Gasteiger partial charge is 0.462 e. The van der Waals surface area contributed by atoms with Crippen LogP contribution >= 0.6 is 0 Å². The Morgan fingerprint density at radius 1 is 1.17 bits per heavy atom. The summed E-state index contributed by atoms with van der Waals surface area (Å²) in [5.41, 5.74) is 0. The minimum Gasteiger partial charge on any atom is -0.462 e. The highest BCUT2D eigenvalue weighted by atomic mass is 19.1. The van der Waals surface area contributed by atoms with E-state index >= 15 is 0 Å². The number of carbonyl (C=O) groups excluding carboxylic acids is 1. The lowest BCUT2D eigenvalue weighted by molar-refractivity contribution is -0.165. The zero-order valence-corrected chi connectivity index (χ0v) is 13.7. The molecule has 5 atom stereocenters. The van der Waals surface area contributed by atoms with Crippen LogP contribution in [-0.4, -0.2) is 30.6 Å². The molecular weight excluding hydrogens is 319 g/mol. The van der Waals surface area contributed by atoms with Crippen LogP contribution in [0, 0.1) is 29.1 Å². The Morgan fingerprint density at radius 2 is 1.83 bits per heavy atom. The zero-order chi connectivity index (χ0) is 17.7. The second-order valence-electron chi connectivity index (χ2n) is 6.88. The summed E-state index contributed by atoms with van der Waals surface area (Å²) in [6.45, 7) is 3.60. The quantitative estimate of drug-likeness (QED) is 0.554. The number of nitriles is 1. The Hall–Kier alpha value is -1.51. The fourth-order valence-corrected chi connectivity index (χ4v) is 3.71. The van der Waals surface area contributed by atoms with Gasteiger partial charge in [0.05, 0.1) is 12.0 Å². The lowest BCUT2D eigenvalue weighted by Crippen LogP contribution is -2.43. The number of carbonyl (C=O) groups is 1. The third kappa shape index (κ3) is 4.52. The predicted molar refractivity (Wildman–Crippen MR) is 83.2 cm³/mol. The third-order valence-electron chi connectivity index (χ3n) is 5.12. The predicted octanol–water partition coefficient (Wildman–Crippen LogP) is 4.23. The summed E-state index contributed by atoms with van der Waals surface area (Å²) < 4.78 is 47.5. The molecule has 2 saturated carbocycles. The number of esters is 1. The molecule has 5 unspecified atom stereocenters. The van der Waals surface area contributed by atoms with Crippen molar-refractivity contribution in [2.45, 2.75) is 69.6 Å². The van der Waals surface area contributed by atoms with Crippen LogP contribution in [-0.2, 0) is 9.53 Å². The summed E-state index contributed by atoms with van der Waals surface area (Å²) in [5, 5.41) is 8.79. The molecule has 6 heteroatoms. The molecule has 2 rings (SSSR count). The Bertz CT molecular complexity index is 481. The number of halogens is 3. The van der Waals surface area contributed by atoms with Gasteiger partial charge in [-0.1, -0.05) is 6.08 Å².